The summed E-state index contributed by atoms with van der Waals surface area (Å²) in [6.07, 6.45) is 5.16. The van der Waals surface area contributed by atoms with Gasteiger partial charge >= 0.3 is 0 Å². The van der Waals surface area contributed by atoms with E-state index in [2.05, 4.69) is 15.5 Å². The highest BCUT2D eigenvalue weighted by Crippen LogP contribution is 2.23. The molecule has 3 heterocycles. The molecule has 0 bridgehead atoms. The number of carbonyl (C=O) groups is 2. The van der Waals surface area contributed by atoms with Gasteiger partial charge in [-0.1, -0.05) is 18.2 Å². The molecule has 168 valence electrons. The van der Waals surface area contributed by atoms with E-state index in [1.807, 2.05) is 66.9 Å². The molecule has 0 atom stereocenters. The van der Waals surface area contributed by atoms with Crippen LogP contribution in [0.4, 0.5) is 5.69 Å². The van der Waals surface area contributed by atoms with Crippen molar-refractivity contribution < 1.29 is 9.59 Å². The minimum Gasteiger partial charge on any atom is -0.342 e. The summed E-state index contributed by atoms with van der Waals surface area (Å²) in [4.78, 5) is 27.5. The van der Waals surface area contributed by atoms with E-state index >= 15 is 0 Å². The number of likely N-dealkylation sites (tertiary alicyclic amines) is 1. The number of aryl methyl sites for hydroxylation is 2. The lowest BCUT2D eigenvalue weighted by Crippen LogP contribution is -2.42. The van der Waals surface area contributed by atoms with Gasteiger partial charge in [0.1, 0.15) is 0 Å². The van der Waals surface area contributed by atoms with E-state index in [1.54, 1.807) is 10.9 Å². The van der Waals surface area contributed by atoms with Gasteiger partial charge in [-0.05, 0) is 45.7 Å². The smallest absolute Gasteiger partial charge is 0.227 e. The number of para-hydroxylation sites is 1. The van der Waals surface area contributed by atoms with E-state index in [0.717, 1.165) is 34.9 Å². The second-order valence-corrected chi connectivity index (χ2v) is 8.30. The number of anilines is 1. The molecule has 1 aromatic carbocycles. The van der Waals surface area contributed by atoms with Crippen LogP contribution in [0, 0.1) is 19.8 Å². The van der Waals surface area contributed by atoms with Gasteiger partial charge in [0.25, 0.3) is 0 Å². The van der Waals surface area contributed by atoms with E-state index in [1.165, 1.54) is 0 Å². The third-order valence-corrected chi connectivity index (χ3v) is 6.21. The third kappa shape index (κ3) is 4.59. The molecule has 2 amide bonds. The number of rotatable bonds is 6. The van der Waals surface area contributed by atoms with E-state index in [9.17, 15) is 9.59 Å². The second kappa shape index (κ2) is 9.38. The first-order chi connectivity index (χ1) is 15.5. The summed E-state index contributed by atoms with van der Waals surface area (Å²) in [6.45, 7) is 7.91. The minimum atomic E-state index is -0.0895. The van der Waals surface area contributed by atoms with Crippen molar-refractivity contribution in [2.45, 2.75) is 46.6 Å². The molecular formula is C24H30N6O2. The number of piperidine rings is 1. The summed E-state index contributed by atoms with van der Waals surface area (Å²) < 4.78 is 3.68. The highest BCUT2D eigenvalue weighted by atomic mass is 16.2. The van der Waals surface area contributed by atoms with Gasteiger partial charge in [-0.2, -0.15) is 10.2 Å². The second-order valence-electron chi connectivity index (χ2n) is 8.30. The maximum Gasteiger partial charge on any atom is 0.227 e. The van der Waals surface area contributed by atoms with Crippen LogP contribution in [0.25, 0.3) is 5.69 Å². The first kappa shape index (κ1) is 21.8. The summed E-state index contributed by atoms with van der Waals surface area (Å²) in [5.74, 6) is 0.00352. The van der Waals surface area contributed by atoms with Gasteiger partial charge < -0.3 is 10.2 Å². The molecule has 1 aliphatic rings. The van der Waals surface area contributed by atoms with Gasteiger partial charge in [-0.15, -0.1) is 0 Å². The van der Waals surface area contributed by atoms with Crippen molar-refractivity contribution in [1.29, 1.82) is 0 Å². The number of benzene rings is 1. The van der Waals surface area contributed by atoms with Crippen LogP contribution < -0.4 is 5.32 Å². The van der Waals surface area contributed by atoms with Crippen LogP contribution in [0.3, 0.4) is 0 Å². The summed E-state index contributed by atoms with van der Waals surface area (Å²) in [5.41, 5.74) is 4.55. The zero-order chi connectivity index (χ0) is 22.7. The highest BCUT2D eigenvalue weighted by Gasteiger charge is 2.28. The summed E-state index contributed by atoms with van der Waals surface area (Å²) in [7, 11) is 0. The number of hydrogen-bond acceptors (Lipinski definition) is 4. The molecule has 0 saturated carbocycles. The Morgan fingerprint density at radius 2 is 1.84 bits per heavy atom. The standard InChI is InChI=1S/C24H30N6O2/c1-4-29-16-20(15-25-29)26-24(32)19-10-12-28(13-11-19)23(31)14-22-17(2)27-30(18(22)3)21-8-6-5-7-9-21/h5-9,15-16,19H,4,10-14H2,1-3H3,(H,26,32). The summed E-state index contributed by atoms with van der Waals surface area (Å²) in [6, 6.07) is 9.95. The molecule has 1 aliphatic heterocycles. The Hall–Kier alpha value is -3.42. The molecule has 2 aromatic heterocycles. The average molecular weight is 435 g/mol. The molecule has 0 radical (unpaired) electrons. The van der Waals surface area contributed by atoms with E-state index in [0.29, 0.717) is 32.4 Å². The van der Waals surface area contributed by atoms with Crippen LogP contribution in [0.1, 0.15) is 36.7 Å². The number of hydrogen-bond donors (Lipinski definition) is 1. The predicted octanol–water partition coefficient (Wildman–Crippen LogP) is 3.13. The Balaban J connectivity index is 1.34. The molecule has 1 N–H and O–H groups in total. The number of nitrogens with one attached hydrogen (secondary N) is 1. The third-order valence-electron chi connectivity index (χ3n) is 6.21. The van der Waals surface area contributed by atoms with Crippen LogP contribution in [-0.4, -0.2) is 49.4 Å². The Morgan fingerprint density at radius 3 is 2.50 bits per heavy atom. The molecule has 8 nitrogen and oxygen atoms in total. The summed E-state index contributed by atoms with van der Waals surface area (Å²) in [5, 5.41) is 11.8. The lowest BCUT2D eigenvalue weighted by molar-refractivity contribution is -0.133. The lowest BCUT2D eigenvalue weighted by Gasteiger charge is -2.31. The first-order valence-corrected chi connectivity index (χ1v) is 11.2. The van der Waals surface area contributed by atoms with Crippen LogP contribution in [0.2, 0.25) is 0 Å². The van der Waals surface area contributed by atoms with Crippen LogP contribution in [0.5, 0.6) is 0 Å². The number of amides is 2. The number of aromatic nitrogens is 4. The SMILES string of the molecule is CCn1cc(NC(=O)C2CCN(C(=O)Cc3c(C)nn(-c4ccccc4)c3C)CC2)cn1. The summed E-state index contributed by atoms with van der Waals surface area (Å²) >= 11 is 0. The van der Waals surface area contributed by atoms with Gasteiger partial charge in [0, 0.05) is 43.0 Å². The lowest BCUT2D eigenvalue weighted by atomic mass is 9.95. The van der Waals surface area contributed by atoms with E-state index in [4.69, 9.17) is 0 Å². The van der Waals surface area contributed by atoms with Crippen LogP contribution in [0.15, 0.2) is 42.7 Å². The van der Waals surface area contributed by atoms with Gasteiger partial charge in [-0.25, -0.2) is 4.68 Å². The topological polar surface area (TPSA) is 85.0 Å². The van der Waals surface area contributed by atoms with Gasteiger partial charge in [0.15, 0.2) is 0 Å². The molecule has 1 fully saturated rings. The predicted molar refractivity (Wildman–Crippen MR) is 123 cm³/mol. The van der Waals surface area contributed by atoms with Crippen LogP contribution in [-0.2, 0) is 22.6 Å². The molecule has 3 aromatic rings. The monoisotopic (exact) mass is 434 g/mol. The number of carbonyl (C=O) groups excluding carboxylic acids is 2. The van der Waals surface area contributed by atoms with Crippen LogP contribution >= 0.6 is 0 Å². The minimum absolute atomic E-state index is 0.00331. The number of nitrogens with zero attached hydrogens (tertiary/aromatic N) is 5. The highest BCUT2D eigenvalue weighted by molar-refractivity contribution is 5.92. The largest absolute Gasteiger partial charge is 0.342 e. The van der Waals surface area contributed by atoms with E-state index < -0.39 is 0 Å². The van der Waals surface area contributed by atoms with Gasteiger partial charge in [-0.3, -0.25) is 14.3 Å². The zero-order valence-corrected chi connectivity index (χ0v) is 18.9. The molecule has 1 saturated heterocycles. The van der Waals surface area contributed by atoms with Crippen molar-refractivity contribution in [2.24, 2.45) is 5.92 Å². The fourth-order valence-corrected chi connectivity index (χ4v) is 4.25. The Kier molecular flexibility index (Phi) is 6.39. The quantitative estimate of drug-likeness (QED) is 0.646. The first-order valence-electron chi connectivity index (χ1n) is 11.2. The molecular weight excluding hydrogens is 404 g/mol. The zero-order valence-electron chi connectivity index (χ0n) is 18.9. The van der Waals surface area contributed by atoms with Crippen molar-refractivity contribution in [3.05, 3.63) is 59.7 Å². The maximum atomic E-state index is 13.0. The van der Waals surface area contributed by atoms with Crippen molar-refractivity contribution in [1.82, 2.24) is 24.5 Å². The molecule has 0 unspecified atom stereocenters. The van der Waals surface area contributed by atoms with Gasteiger partial charge in [0.2, 0.25) is 11.8 Å². The fourth-order valence-electron chi connectivity index (χ4n) is 4.25. The van der Waals surface area contributed by atoms with Gasteiger partial charge in [0.05, 0.1) is 29.7 Å². The molecule has 32 heavy (non-hydrogen) atoms. The van der Waals surface area contributed by atoms with E-state index in [-0.39, 0.29) is 17.7 Å². The van der Waals surface area contributed by atoms with Crippen molar-refractivity contribution >= 4 is 17.5 Å². The molecule has 4 rings (SSSR count). The average Bonchev–Trinajstić information content (AvgIpc) is 3.39. The van der Waals surface area contributed by atoms with Crippen molar-refractivity contribution in [3.63, 3.8) is 0 Å². The van der Waals surface area contributed by atoms with Crippen molar-refractivity contribution in [3.8, 4) is 5.69 Å². The normalized spacial score (nSPS) is 14.5. The van der Waals surface area contributed by atoms with Crippen molar-refractivity contribution in [2.75, 3.05) is 18.4 Å². The fraction of sp³-hybridized carbons (Fsp3) is 0.417. The Morgan fingerprint density at radius 1 is 1.12 bits per heavy atom. The Labute approximate surface area is 188 Å². The maximum absolute atomic E-state index is 13.0. The molecule has 0 spiro atoms. The molecule has 0 aliphatic carbocycles. The Bertz CT molecular complexity index is 1090. The molecule has 8 heteroatoms.